The van der Waals surface area contributed by atoms with E-state index < -0.39 is 0 Å². The van der Waals surface area contributed by atoms with Gasteiger partial charge in [0, 0.05) is 28.3 Å². The molecule has 2 N–H and O–H groups in total. The first-order valence-corrected chi connectivity index (χ1v) is 9.36. The first-order valence-electron chi connectivity index (χ1n) is 8.61. The van der Waals surface area contributed by atoms with Gasteiger partial charge in [0.25, 0.3) is 5.91 Å². The van der Waals surface area contributed by atoms with E-state index >= 15 is 0 Å². The molecule has 1 aromatic carbocycles. The lowest BCUT2D eigenvalue weighted by Gasteiger charge is -2.22. The summed E-state index contributed by atoms with van der Waals surface area (Å²) < 4.78 is 0. The molecule has 0 unspecified atom stereocenters. The molecule has 1 aromatic rings. The second-order valence-corrected chi connectivity index (χ2v) is 7.18. The predicted octanol–water partition coefficient (Wildman–Crippen LogP) is 4.37. The summed E-state index contributed by atoms with van der Waals surface area (Å²) in [5.41, 5.74) is 1.70. The number of nitrogens with zero attached hydrogens (tertiary/aromatic N) is 1. The van der Waals surface area contributed by atoms with Crippen molar-refractivity contribution in [3.05, 3.63) is 45.1 Å². The molecule has 2 rings (SSSR count). The van der Waals surface area contributed by atoms with Gasteiger partial charge >= 0.3 is 0 Å². The van der Waals surface area contributed by atoms with E-state index in [1.165, 1.54) is 6.42 Å². The van der Waals surface area contributed by atoms with Crippen LogP contribution >= 0.6 is 23.2 Å². The van der Waals surface area contributed by atoms with Crippen molar-refractivity contribution in [1.29, 1.82) is 5.26 Å². The maximum absolute atomic E-state index is 12.3. The molecule has 1 amide bonds. The zero-order chi connectivity index (χ0) is 18.2. The summed E-state index contributed by atoms with van der Waals surface area (Å²) in [5.74, 6) is -0.288. The summed E-state index contributed by atoms with van der Waals surface area (Å²) in [4.78, 5) is 12.3. The summed E-state index contributed by atoms with van der Waals surface area (Å²) in [5, 5.41) is 16.7. The Kier molecular flexibility index (Phi) is 7.61. The fraction of sp³-hybridized carbons (Fsp3) is 0.474. The summed E-state index contributed by atoms with van der Waals surface area (Å²) in [6, 6.07) is 7.59. The molecule has 0 atom stereocenters. The van der Waals surface area contributed by atoms with Crippen LogP contribution in [0.15, 0.2) is 29.5 Å². The molecule has 6 heteroatoms. The normalized spacial score (nSPS) is 15.9. The monoisotopic (exact) mass is 379 g/mol. The van der Waals surface area contributed by atoms with E-state index in [-0.39, 0.29) is 17.5 Å². The van der Waals surface area contributed by atoms with Crippen molar-refractivity contribution in [1.82, 2.24) is 10.6 Å². The van der Waals surface area contributed by atoms with Crippen LogP contribution in [0, 0.1) is 11.3 Å². The summed E-state index contributed by atoms with van der Waals surface area (Å²) >= 11 is 12.0. The number of nitrogens with one attached hydrogen (secondary N) is 2. The van der Waals surface area contributed by atoms with Crippen LogP contribution in [0.25, 0.3) is 0 Å². The Labute approximate surface area is 159 Å². The zero-order valence-electron chi connectivity index (χ0n) is 14.4. The lowest BCUT2D eigenvalue weighted by molar-refractivity contribution is -0.118. The van der Waals surface area contributed by atoms with Crippen molar-refractivity contribution < 1.29 is 4.79 Å². The topological polar surface area (TPSA) is 64.9 Å². The van der Waals surface area contributed by atoms with E-state index in [1.807, 2.05) is 12.1 Å². The van der Waals surface area contributed by atoms with Gasteiger partial charge in [-0.25, -0.2) is 0 Å². The second kappa shape index (κ2) is 9.70. The minimum atomic E-state index is -0.288. The Balaban J connectivity index is 1.91. The summed E-state index contributed by atoms with van der Waals surface area (Å²) in [6.45, 7) is 2.33. The Hall–Kier alpha value is -1.70. The lowest BCUT2D eigenvalue weighted by atomic mass is 9.95. The Morgan fingerprint density at radius 3 is 2.64 bits per heavy atom. The number of hydrogen-bond acceptors (Lipinski definition) is 3. The van der Waals surface area contributed by atoms with Gasteiger partial charge in [0.15, 0.2) is 0 Å². The van der Waals surface area contributed by atoms with Crippen LogP contribution in [-0.4, -0.2) is 18.5 Å². The molecule has 0 aromatic heterocycles. The fourth-order valence-corrected chi connectivity index (χ4v) is 3.51. The molecular formula is C19H23Cl2N3O. The number of benzene rings is 1. The van der Waals surface area contributed by atoms with Gasteiger partial charge in [-0.15, -0.1) is 0 Å². The fourth-order valence-electron chi connectivity index (χ4n) is 3.01. The van der Waals surface area contributed by atoms with Gasteiger partial charge in [0.1, 0.15) is 11.6 Å². The number of allylic oxidation sites excluding steroid dienone is 1. The SMILES string of the molecule is C/C(NCCc1ccc(Cl)cc1Cl)=C(\C#N)C(=O)NC1CCCCC1. The van der Waals surface area contributed by atoms with Crippen LogP contribution < -0.4 is 10.6 Å². The second-order valence-electron chi connectivity index (χ2n) is 6.33. The number of hydrogen-bond donors (Lipinski definition) is 2. The number of halogens is 2. The van der Waals surface area contributed by atoms with Gasteiger partial charge < -0.3 is 10.6 Å². The Morgan fingerprint density at radius 2 is 2.00 bits per heavy atom. The number of rotatable bonds is 6. The molecular weight excluding hydrogens is 357 g/mol. The number of nitriles is 1. The smallest absolute Gasteiger partial charge is 0.263 e. The average Bonchev–Trinajstić information content (AvgIpc) is 2.58. The number of carbonyl (C=O) groups excluding carboxylic acids is 1. The van der Waals surface area contributed by atoms with Gasteiger partial charge in [-0.3, -0.25) is 4.79 Å². The average molecular weight is 380 g/mol. The molecule has 1 aliphatic rings. The Bertz CT molecular complexity index is 688. The van der Waals surface area contributed by atoms with Crippen LogP contribution in [0.5, 0.6) is 0 Å². The summed E-state index contributed by atoms with van der Waals surface area (Å²) in [6.07, 6.45) is 6.15. The van der Waals surface area contributed by atoms with Crippen molar-refractivity contribution in [2.45, 2.75) is 51.5 Å². The van der Waals surface area contributed by atoms with E-state index in [4.69, 9.17) is 23.2 Å². The molecule has 1 aliphatic carbocycles. The van der Waals surface area contributed by atoms with Gasteiger partial charge in [-0.2, -0.15) is 5.26 Å². The predicted molar refractivity (Wildman–Crippen MR) is 101 cm³/mol. The van der Waals surface area contributed by atoms with E-state index in [2.05, 4.69) is 10.6 Å². The van der Waals surface area contributed by atoms with Crippen molar-refractivity contribution >= 4 is 29.1 Å². The van der Waals surface area contributed by atoms with Crippen LogP contribution in [0.4, 0.5) is 0 Å². The minimum absolute atomic E-state index is 0.146. The van der Waals surface area contributed by atoms with Crippen molar-refractivity contribution in [2.24, 2.45) is 0 Å². The highest BCUT2D eigenvalue weighted by molar-refractivity contribution is 6.35. The summed E-state index contributed by atoms with van der Waals surface area (Å²) in [7, 11) is 0. The molecule has 0 spiro atoms. The highest BCUT2D eigenvalue weighted by Crippen LogP contribution is 2.21. The third kappa shape index (κ3) is 5.95. The van der Waals surface area contributed by atoms with Crippen molar-refractivity contribution in [3.8, 4) is 6.07 Å². The largest absolute Gasteiger partial charge is 0.387 e. The molecule has 0 aliphatic heterocycles. The highest BCUT2D eigenvalue weighted by atomic mass is 35.5. The molecule has 1 fully saturated rings. The van der Waals surface area contributed by atoms with Crippen LogP contribution in [0.2, 0.25) is 10.0 Å². The molecule has 4 nitrogen and oxygen atoms in total. The minimum Gasteiger partial charge on any atom is -0.387 e. The third-order valence-electron chi connectivity index (χ3n) is 4.45. The van der Waals surface area contributed by atoms with E-state index in [0.29, 0.717) is 28.7 Å². The van der Waals surface area contributed by atoms with Crippen molar-refractivity contribution in [3.63, 3.8) is 0 Å². The van der Waals surface area contributed by atoms with Gasteiger partial charge in [-0.05, 0) is 43.9 Å². The van der Waals surface area contributed by atoms with E-state index in [1.54, 1.807) is 19.1 Å². The molecule has 25 heavy (non-hydrogen) atoms. The molecule has 134 valence electrons. The molecule has 0 bridgehead atoms. The van der Waals surface area contributed by atoms with Gasteiger partial charge in [0.05, 0.1) is 0 Å². The first-order chi connectivity index (χ1) is 12.0. The standard InChI is InChI=1S/C19H23Cl2N3O/c1-13(23-10-9-14-7-8-15(20)11-18(14)21)17(12-22)19(25)24-16-5-3-2-4-6-16/h7-8,11,16,23H,2-6,9-10H2,1H3,(H,24,25)/b17-13-. The van der Waals surface area contributed by atoms with E-state index in [0.717, 1.165) is 31.2 Å². The first kappa shape index (κ1) is 19.6. The molecule has 1 saturated carbocycles. The van der Waals surface area contributed by atoms with Crippen molar-refractivity contribution in [2.75, 3.05) is 6.54 Å². The maximum atomic E-state index is 12.3. The van der Waals surface area contributed by atoms with Gasteiger partial charge in [0.2, 0.25) is 0 Å². The van der Waals surface area contributed by atoms with E-state index in [9.17, 15) is 10.1 Å². The molecule has 0 radical (unpaired) electrons. The highest BCUT2D eigenvalue weighted by Gasteiger charge is 2.19. The molecule has 0 heterocycles. The maximum Gasteiger partial charge on any atom is 0.263 e. The third-order valence-corrected chi connectivity index (χ3v) is 5.04. The number of carbonyl (C=O) groups is 1. The zero-order valence-corrected chi connectivity index (χ0v) is 15.9. The Morgan fingerprint density at radius 1 is 1.28 bits per heavy atom. The van der Waals surface area contributed by atoms with Crippen LogP contribution in [-0.2, 0) is 11.2 Å². The van der Waals surface area contributed by atoms with Gasteiger partial charge in [-0.1, -0.05) is 48.5 Å². The number of amides is 1. The quantitative estimate of drug-likeness (QED) is 0.569. The lowest BCUT2D eigenvalue weighted by Crippen LogP contribution is -2.37. The van der Waals surface area contributed by atoms with Crippen LogP contribution in [0.1, 0.15) is 44.6 Å². The van der Waals surface area contributed by atoms with Crippen LogP contribution in [0.3, 0.4) is 0 Å². The molecule has 0 saturated heterocycles.